The topological polar surface area (TPSA) is 29.3 Å². The van der Waals surface area contributed by atoms with Crippen LogP contribution in [0.1, 0.15) is 51.0 Å². The monoisotopic (exact) mass is 260 g/mol. The molecule has 1 saturated heterocycles. The van der Waals surface area contributed by atoms with Crippen molar-refractivity contribution in [1.29, 1.82) is 0 Å². The van der Waals surface area contributed by atoms with Crippen molar-refractivity contribution < 1.29 is 0 Å². The van der Waals surface area contributed by atoms with Crippen molar-refractivity contribution in [2.75, 3.05) is 19.6 Å². The van der Waals surface area contributed by atoms with Crippen LogP contribution in [0.2, 0.25) is 0 Å². The molecule has 1 fully saturated rings. The van der Waals surface area contributed by atoms with Gasteiger partial charge in [-0.1, -0.05) is 56.5 Å². The first-order valence-corrected chi connectivity index (χ1v) is 7.81. The lowest BCUT2D eigenvalue weighted by Crippen LogP contribution is -2.49. The first kappa shape index (κ1) is 14.5. The van der Waals surface area contributed by atoms with Crippen LogP contribution in [0.15, 0.2) is 30.3 Å². The standard InChI is InChI=1S/C17H28N2/c1-2-3-12-17(18,16-10-6-4-7-11-16)15-19-13-8-5-9-14-19/h4,6-7,10-11H,2-3,5,8-9,12-15,18H2,1H3. The maximum atomic E-state index is 6.79. The van der Waals surface area contributed by atoms with Crippen LogP contribution in [0.4, 0.5) is 0 Å². The number of hydrogen-bond donors (Lipinski definition) is 1. The number of likely N-dealkylation sites (tertiary alicyclic amines) is 1. The van der Waals surface area contributed by atoms with Crippen molar-refractivity contribution >= 4 is 0 Å². The second-order valence-electron chi connectivity index (χ2n) is 5.96. The van der Waals surface area contributed by atoms with Crippen molar-refractivity contribution in [3.8, 4) is 0 Å². The largest absolute Gasteiger partial charge is 0.320 e. The van der Waals surface area contributed by atoms with Gasteiger partial charge < -0.3 is 10.6 Å². The van der Waals surface area contributed by atoms with Crippen LogP contribution in [-0.2, 0) is 5.54 Å². The van der Waals surface area contributed by atoms with E-state index in [4.69, 9.17) is 5.73 Å². The highest BCUT2D eigenvalue weighted by Crippen LogP contribution is 2.27. The highest BCUT2D eigenvalue weighted by Gasteiger charge is 2.29. The molecule has 0 saturated carbocycles. The third-order valence-electron chi connectivity index (χ3n) is 4.28. The summed E-state index contributed by atoms with van der Waals surface area (Å²) < 4.78 is 0. The molecule has 2 nitrogen and oxygen atoms in total. The Morgan fingerprint density at radius 1 is 1.11 bits per heavy atom. The van der Waals surface area contributed by atoms with Crippen LogP contribution in [0, 0.1) is 0 Å². The summed E-state index contributed by atoms with van der Waals surface area (Å²) in [6.07, 6.45) is 7.56. The van der Waals surface area contributed by atoms with Crippen molar-refractivity contribution in [1.82, 2.24) is 4.90 Å². The third-order valence-corrected chi connectivity index (χ3v) is 4.28. The van der Waals surface area contributed by atoms with Gasteiger partial charge in [0.25, 0.3) is 0 Å². The first-order chi connectivity index (χ1) is 9.24. The van der Waals surface area contributed by atoms with Gasteiger partial charge >= 0.3 is 0 Å². The third kappa shape index (κ3) is 4.05. The lowest BCUT2D eigenvalue weighted by molar-refractivity contribution is 0.170. The van der Waals surface area contributed by atoms with E-state index < -0.39 is 0 Å². The Morgan fingerprint density at radius 3 is 2.42 bits per heavy atom. The second kappa shape index (κ2) is 7.06. The zero-order valence-corrected chi connectivity index (χ0v) is 12.3. The number of hydrogen-bond acceptors (Lipinski definition) is 2. The molecule has 19 heavy (non-hydrogen) atoms. The van der Waals surface area contributed by atoms with Gasteiger partial charge in [0.05, 0.1) is 5.54 Å². The molecule has 1 aromatic carbocycles. The molecule has 0 aliphatic carbocycles. The Labute approximate surface area is 118 Å². The fraction of sp³-hybridized carbons (Fsp3) is 0.647. The number of benzene rings is 1. The van der Waals surface area contributed by atoms with Crippen LogP contribution < -0.4 is 5.73 Å². The molecule has 1 heterocycles. The lowest BCUT2D eigenvalue weighted by atomic mass is 9.85. The zero-order chi connectivity index (χ0) is 13.6. The van der Waals surface area contributed by atoms with Gasteiger partial charge in [-0.25, -0.2) is 0 Å². The van der Waals surface area contributed by atoms with E-state index in [0.717, 1.165) is 13.0 Å². The molecule has 0 spiro atoms. The fourth-order valence-electron chi connectivity index (χ4n) is 3.09. The molecule has 0 aromatic heterocycles. The van der Waals surface area contributed by atoms with Crippen molar-refractivity contribution in [2.24, 2.45) is 5.73 Å². The maximum Gasteiger partial charge on any atom is 0.0538 e. The molecule has 0 amide bonds. The zero-order valence-electron chi connectivity index (χ0n) is 12.3. The number of rotatable bonds is 6. The SMILES string of the molecule is CCCCC(N)(CN1CCCCC1)c1ccccc1. The normalized spacial score (nSPS) is 20.1. The van der Waals surface area contributed by atoms with E-state index >= 15 is 0 Å². The first-order valence-electron chi connectivity index (χ1n) is 7.81. The Hall–Kier alpha value is -0.860. The minimum Gasteiger partial charge on any atom is -0.320 e. The Bertz CT molecular complexity index is 357. The molecule has 2 rings (SSSR count). The average Bonchev–Trinajstić information content (AvgIpc) is 2.47. The van der Waals surface area contributed by atoms with E-state index in [2.05, 4.69) is 42.2 Å². The predicted octanol–water partition coefficient (Wildman–Crippen LogP) is 3.52. The van der Waals surface area contributed by atoms with Crippen molar-refractivity contribution in [3.05, 3.63) is 35.9 Å². The summed E-state index contributed by atoms with van der Waals surface area (Å²) in [6, 6.07) is 10.7. The van der Waals surface area contributed by atoms with Gasteiger partial charge in [-0.15, -0.1) is 0 Å². The Morgan fingerprint density at radius 2 is 1.79 bits per heavy atom. The van der Waals surface area contributed by atoms with E-state index in [-0.39, 0.29) is 5.54 Å². The van der Waals surface area contributed by atoms with Crippen LogP contribution in [0.3, 0.4) is 0 Å². The Kier molecular flexibility index (Phi) is 5.41. The molecule has 1 aromatic rings. The van der Waals surface area contributed by atoms with Crippen molar-refractivity contribution in [2.45, 2.75) is 51.0 Å². The van der Waals surface area contributed by atoms with Gasteiger partial charge in [0.2, 0.25) is 0 Å². The van der Waals surface area contributed by atoms with Crippen molar-refractivity contribution in [3.63, 3.8) is 0 Å². The molecular formula is C17H28N2. The van der Waals surface area contributed by atoms with Gasteiger partial charge in [0, 0.05) is 6.54 Å². The quantitative estimate of drug-likeness (QED) is 0.848. The van der Waals surface area contributed by atoms with Crippen LogP contribution in [0.25, 0.3) is 0 Å². The van der Waals surface area contributed by atoms with Gasteiger partial charge in [-0.3, -0.25) is 0 Å². The van der Waals surface area contributed by atoms with Gasteiger partial charge in [0.15, 0.2) is 0 Å². The maximum absolute atomic E-state index is 6.79. The molecule has 1 unspecified atom stereocenters. The Balaban J connectivity index is 2.09. The number of nitrogens with two attached hydrogens (primary N) is 1. The average molecular weight is 260 g/mol. The fourth-order valence-corrected chi connectivity index (χ4v) is 3.09. The van der Waals surface area contributed by atoms with E-state index in [0.29, 0.717) is 0 Å². The molecule has 2 heteroatoms. The van der Waals surface area contributed by atoms with Crippen LogP contribution >= 0.6 is 0 Å². The van der Waals surface area contributed by atoms with E-state index in [1.54, 1.807) is 0 Å². The van der Waals surface area contributed by atoms with Gasteiger partial charge in [0.1, 0.15) is 0 Å². The molecular weight excluding hydrogens is 232 g/mol. The summed E-state index contributed by atoms with van der Waals surface area (Å²) in [7, 11) is 0. The highest BCUT2D eigenvalue weighted by atomic mass is 15.1. The number of piperidine rings is 1. The minimum absolute atomic E-state index is 0.172. The molecule has 106 valence electrons. The summed E-state index contributed by atoms with van der Waals surface area (Å²) in [6.45, 7) is 5.69. The minimum atomic E-state index is -0.172. The summed E-state index contributed by atoms with van der Waals surface area (Å²) >= 11 is 0. The molecule has 2 N–H and O–H groups in total. The van der Waals surface area contributed by atoms with E-state index in [1.807, 2.05) is 0 Å². The van der Waals surface area contributed by atoms with E-state index in [1.165, 1.54) is 50.8 Å². The second-order valence-corrected chi connectivity index (χ2v) is 5.96. The predicted molar refractivity (Wildman–Crippen MR) is 82.1 cm³/mol. The van der Waals surface area contributed by atoms with Gasteiger partial charge in [-0.2, -0.15) is 0 Å². The summed E-state index contributed by atoms with van der Waals surface area (Å²) in [4.78, 5) is 2.56. The summed E-state index contributed by atoms with van der Waals surface area (Å²) in [5.74, 6) is 0. The summed E-state index contributed by atoms with van der Waals surface area (Å²) in [5, 5.41) is 0. The lowest BCUT2D eigenvalue weighted by Gasteiger charge is -2.37. The summed E-state index contributed by atoms with van der Waals surface area (Å²) in [5.41, 5.74) is 7.92. The molecule has 1 aliphatic heterocycles. The smallest absolute Gasteiger partial charge is 0.0538 e. The molecule has 1 atom stereocenters. The molecule has 0 bridgehead atoms. The number of nitrogens with zero attached hydrogens (tertiary/aromatic N) is 1. The highest BCUT2D eigenvalue weighted by molar-refractivity contribution is 5.24. The number of unbranched alkanes of at least 4 members (excludes halogenated alkanes) is 1. The molecule has 1 aliphatic rings. The van der Waals surface area contributed by atoms with Crippen LogP contribution in [0.5, 0.6) is 0 Å². The van der Waals surface area contributed by atoms with E-state index in [9.17, 15) is 0 Å². The molecule has 0 radical (unpaired) electrons. The van der Waals surface area contributed by atoms with Crippen LogP contribution in [-0.4, -0.2) is 24.5 Å². The van der Waals surface area contributed by atoms with Gasteiger partial charge in [-0.05, 0) is 37.9 Å².